The first kappa shape index (κ1) is 21.8. The number of hydrogen-bond acceptors (Lipinski definition) is 6. The first-order chi connectivity index (χ1) is 17.0. The van der Waals surface area contributed by atoms with Crippen LogP contribution in [0.2, 0.25) is 5.02 Å². The smallest absolute Gasteiger partial charge is 0.345 e. The van der Waals surface area contributed by atoms with E-state index in [2.05, 4.69) is 31.2 Å². The predicted octanol–water partition coefficient (Wildman–Crippen LogP) is 7.23. The Kier molecular flexibility index (Phi) is 5.47. The zero-order valence-electron chi connectivity index (χ0n) is 18.8. The maximum absolute atomic E-state index is 12.7. The van der Waals surface area contributed by atoms with E-state index < -0.39 is 5.63 Å². The van der Waals surface area contributed by atoms with E-state index in [9.17, 15) is 4.79 Å². The molecule has 7 heteroatoms. The van der Waals surface area contributed by atoms with Gasteiger partial charge >= 0.3 is 5.63 Å². The maximum Gasteiger partial charge on any atom is 0.345 e. The monoisotopic (exact) mass is 497 g/mol. The molecule has 172 valence electrons. The van der Waals surface area contributed by atoms with E-state index in [0.717, 1.165) is 33.8 Å². The largest absolute Gasteiger partial charge is 0.422 e. The van der Waals surface area contributed by atoms with Gasteiger partial charge in [-0.05, 0) is 42.3 Å². The molecule has 1 atom stereocenters. The number of benzene rings is 3. The Hall–Kier alpha value is -3.74. The summed E-state index contributed by atoms with van der Waals surface area (Å²) >= 11 is 7.56. The number of anilines is 1. The van der Waals surface area contributed by atoms with Gasteiger partial charge in [-0.25, -0.2) is 14.8 Å². The Morgan fingerprint density at radius 2 is 1.80 bits per heavy atom. The molecule has 1 aliphatic heterocycles. The molecule has 0 saturated carbocycles. The van der Waals surface area contributed by atoms with Crippen molar-refractivity contribution in [2.45, 2.75) is 19.4 Å². The number of rotatable bonds is 4. The van der Waals surface area contributed by atoms with Gasteiger partial charge in [0.05, 0.1) is 23.0 Å². The summed E-state index contributed by atoms with van der Waals surface area (Å²) in [5.74, 6) is 0. The Labute approximate surface area is 210 Å². The average Bonchev–Trinajstić information content (AvgIpc) is 3.52. The number of halogens is 1. The quantitative estimate of drug-likeness (QED) is 0.246. The van der Waals surface area contributed by atoms with Crippen molar-refractivity contribution in [3.63, 3.8) is 0 Å². The van der Waals surface area contributed by atoms with Crippen LogP contribution in [0.25, 0.3) is 22.2 Å². The van der Waals surface area contributed by atoms with Crippen molar-refractivity contribution < 1.29 is 4.42 Å². The van der Waals surface area contributed by atoms with Crippen LogP contribution in [0.1, 0.15) is 29.2 Å². The number of hydrogen-bond donors (Lipinski definition) is 0. The van der Waals surface area contributed by atoms with Crippen molar-refractivity contribution >= 4 is 44.8 Å². The van der Waals surface area contributed by atoms with Crippen LogP contribution in [0.5, 0.6) is 0 Å². The number of nitrogens with zero attached hydrogens (tertiary/aromatic N) is 3. The summed E-state index contributed by atoms with van der Waals surface area (Å²) in [5, 5.41) is 11.1. The minimum atomic E-state index is -0.401. The summed E-state index contributed by atoms with van der Waals surface area (Å²) < 4.78 is 5.53. The third-order valence-corrected chi connectivity index (χ3v) is 7.24. The fourth-order valence-electron chi connectivity index (χ4n) is 4.29. The molecule has 0 radical (unpaired) electrons. The van der Waals surface area contributed by atoms with Crippen LogP contribution in [-0.2, 0) is 0 Å². The van der Waals surface area contributed by atoms with Gasteiger partial charge in [0, 0.05) is 22.2 Å². The van der Waals surface area contributed by atoms with Crippen LogP contribution in [-0.4, -0.2) is 10.7 Å². The van der Waals surface area contributed by atoms with Crippen molar-refractivity contribution in [3.05, 3.63) is 116 Å². The minimum absolute atomic E-state index is 0.00621. The normalized spacial score (nSPS) is 15.5. The van der Waals surface area contributed by atoms with Gasteiger partial charge in [-0.1, -0.05) is 71.8 Å². The Morgan fingerprint density at radius 3 is 2.60 bits per heavy atom. The van der Waals surface area contributed by atoms with Gasteiger partial charge in [-0.15, -0.1) is 11.3 Å². The molecule has 0 aliphatic carbocycles. The number of hydrazone groups is 1. The molecule has 0 amide bonds. The van der Waals surface area contributed by atoms with Gasteiger partial charge < -0.3 is 4.42 Å². The lowest BCUT2D eigenvalue weighted by atomic mass is 9.98. The SMILES string of the molecule is Cc1ccc([C@@H]2CC(c3ccc(Cl)cc3)=NN2c2nc(-c3cc4ccccc4oc3=O)cs2)cc1. The molecule has 35 heavy (non-hydrogen) atoms. The van der Waals surface area contributed by atoms with Gasteiger partial charge in [0.15, 0.2) is 0 Å². The van der Waals surface area contributed by atoms with E-state index in [1.165, 1.54) is 16.9 Å². The highest BCUT2D eigenvalue weighted by Crippen LogP contribution is 2.39. The Morgan fingerprint density at radius 1 is 1.03 bits per heavy atom. The van der Waals surface area contributed by atoms with Crippen molar-refractivity contribution in [3.8, 4) is 11.3 Å². The molecule has 2 aromatic heterocycles. The summed E-state index contributed by atoms with van der Waals surface area (Å²) in [4.78, 5) is 17.5. The lowest BCUT2D eigenvalue weighted by Gasteiger charge is -2.21. The molecule has 5 nitrogen and oxygen atoms in total. The molecule has 1 aliphatic rings. The molecule has 5 aromatic rings. The van der Waals surface area contributed by atoms with Crippen LogP contribution in [0.4, 0.5) is 5.13 Å². The van der Waals surface area contributed by atoms with Crippen molar-refractivity contribution in [1.29, 1.82) is 0 Å². The minimum Gasteiger partial charge on any atom is -0.422 e. The molecule has 0 fully saturated rings. The van der Waals surface area contributed by atoms with E-state index in [-0.39, 0.29) is 6.04 Å². The lowest BCUT2D eigenvalue weighted by Crippen LogP contribution is -2.18. The van der Waals surface area contributed by atoms with Crippen molar-refractivity contribution in [2.24, 2.45) is 5.10 Å². The van der Waals surface area contributed by atoms with Crippen LogP contribution in [0.15, 0.2) is 98.6 Å². The highest BCUT2D eigenvalue weighted by Gasteiger charge is 2.32. The molecule has 0 saturated heterocycles. The number of thiazole rings is 1. The molecular weight excluding hydrogens is 478 g/mol. The van der Waals surface area contributed by atoms with E-state index in [1.807, 2.05) is 58.9 Å². The Bertz CT molecular complexity index is 1620. The lowest BCUT2D eigenvalue weighted by molar-refractivity contribution is 0.563. The molecular formula is C28H20ClN3O2S. The zero-order valence-corrected chi connectivity index (χ0v) is 20.4. The number of aryl methyl sites for hydroxylation is 1. The molecule has 0 spiro atoms. The van der Waals surface area contributed by atoms with E-state index in [1.54, 1.807) is 6.07 Å². The number of fused-ring (bicyclic) bond motifs is 1. The zero-order chi connectivity index (χ0) is 23.9. The second-order valence-electron chi connectivity index (χ2n) is 8.53. The highest BCUT2D eigenvalue weighted by molar-refractivity contribution is 7.14. The van der Waals surface area contributed by atoms with Gasteiger partial charge in [-0.2, -0.15) is 5.10 Å². The number of aromatic nitrogens is 1. The van der Waals surface area contributed by atoms with Crippen LogP contribution in [0.3, 0.4) is 0 Å². The Balaban J connectivity index is 1.41. The summed E-state index contributed by atoms with van der Waals surface area (Å²) in [6.07, 6.45) is 0.734. The third-order valence-electron chi connectivity index (χ3n) is 6.16. The van der Waals surface area contributed by atoms with Crippen molar-refractivity contribution in [1.82, 2.24) is 4.98 Å². The van der Waals surface area contributed by atoms with Crippen LogP contribution >= 0.6 is 22.9 Å². The number of para-hydroxylation sites is 1. The van der Waals surface area contributed by atoms with Gasteiger partial charge in [0.25, 0.3) is 0 Å². The molecule has 0 N–H and O–H groups in total. The summed E-state index contributed by atoms with van der Waals surface area (Å²) in [5.41, 5.74) is 5.55. The topological polar surface area (TPSA) is 58.7 Å². The molecule has 0 bridgehead atoms. The standard InChI is InChI=1S/C28H20ClN3O2S/c1-17-6-8-19(9-7-17)25-15-23(18-10-12-21(29)13-11-18)31-32(25)28-30-24(16-35-28)22-14-20-4-2-3-5-26(20)34-27(22)33/h2-14,16,25H,15H2,1H3/t25-/m0/s1. The average molecular weight is 498 g/mol. The van der Waals surface area contributed by atoms with Gasteiger partial charge in [0.1, 0.15) is 5.58 Å². The summed E-state index contributed by atoms with van der Waals surface area (Å²) in [6.45, 7) is 2.08. The van der Waals surface area contributed by atoms with Crippen molar-refractivity contribution in [2.75, 3.05) is 5.01 Å². The first-order valence-corrected chi connectivity index (χ1v) is 12.5. The van der Waals surface area contributed by atoms with Gasteiger partial charge in [0.2, 0.25) is 5.13 Å². The summed E-state index contributed by atoms with van der Waals surface area (Å²) in [7, 11) is 0. The van der Waals surface area contributed by atoms with E-state index in [0.29, 0.717) is 21.9 Å². The maximum atomic E-state index is 12.7. The van der Waals surface area contributed by atoms with Gasteiger partial charge in [-0.3, -0.25) is 0 Å². The highest BCUT2D eigenvalue weighted by atomic mass is 35.5. The first-order valence-electron chi connectivity index (χ1n) is 11.2. The second-order valence-corrected chi connectivity index (χ2v) is 9.80. The summed E-state index contributed by atoms with van der Waals surface area (Å²) in [6, 6.07) is 25.5. The molecule has 0 unspecified atom stereocenters. The van der Waals surface area contributed by atoms with Crippen LogP contribution in [0, 0.1) is 6.92 Å². The third kappa shape index (κ3) is 4.16. The fourth-order valence-corrected chi connectivity index (χ4v) is 5.24. The van der Waals surface area contributed by atoms with Crippen LogP contribution < -0.4 is 10.6 Å². The fraction of sp³-hybridized carbons (Fsp3) is 0.107. The second kappa shape index (κ2) is 8.80. The predicted molar refractivity (Wildman–Crippen MR) is 143 cm³/mol. The molecule has 3 heterocycles. The van der Waals surface area contributed by atoms with E-state index >= 15 is 0 Å². The molecule has 6 rings (SSSR count). The molecule has 3 aromatic carbocycles. The van der Waals surface area contributed by atoms with E-state index in [4.69, 9.17) is 26.1 Å².